The van der Waals surface area contributed by atoms with E-state index in [1.807, 2.05) is 0 Å². The van der Waals surface area contributed by atoms with E-state index >= 15 is 0 Å². The van der Waals surface area contributed by atoms with Gasteiger partial charge in [-0.25, -0.2) is 4.79 Å². The molecule has 1 rings (SSSR count). The molecule has 25 heavy (non-hydrogen) atoms. The standard InChI is InChI=1S/C15H26N4O6/c1-8(2)12(14(23)19-5-3-4-10(19)15(24)25)18-11(21)6-17-13(22)9(16)7-20/h8-10,12,20H,3-7,16H2,1-2H3,(H,17,22)(H,18,21)(H,24,25). The molecule has 0 bridgehead atoms. The van der Waals surface area contributed by atoms with Gasteiger partial charge in [-0.3, -0.25) is 14.4 Å². The number of nitrogens with one attached hydrogen (secondary N) is 2. The lowest BCUT2D eigenvalue weighted by atomic mass is 10.0. The number of hydrogen-bond donors (Lipinski definition) is 5. The number of carboxylic acids is 1. The van der Waals surface area contributed by atoms with E-state index in [1.165, 1.54) is 4.90 Å². The van der Waals surface area contributed by atoms with Crippen molar-refractivity contribution in [3.63, 3.8) is 0 Å². The van der Waals surface area contributed by atoms with E-state index in [0.29, 0.717) is 19.4 Å². The highest BCUT2D eigenvalue weighted by atomic mass is 16.4. The molecule has 1 aliphatic rings. The first-order valence-corrected chi connectivity index (χ1v) is 8.15. The number of likely N-dealkylation sites (tertiary alicyclic amines) is 1. The van der Waals surface area contributed by atoms with Gasteiger partial charge in [-0.15, -0.1) is 0 Å². The van der Waals surface area contributed by atoms with Gasteiger partial charge in [-0.2, -0.15) is 0 Å². The number of amides is 3. The molecular formula is C15H26N4O6. The van der Waals surface area contributed by atoms with Crippen molar-refractivity contribution in [2.75, 3.05) is 19.7 Å². The van der Waals surface area contributed by atoms with Crippen molar-refractivity contribution in [3.8, 4) is 0 Å². The van der Waals surface area contributed by atoms with E-state index in [2.05, 4.69) is 10.6 Å². The Balaban J connectivity index is 2.67. The molecule has 3 amide bonds. The molecule has 0 aliphatic carbocycles. The van der Waals surface area contributed by atoms with Crippen LogP contribution < -0.4 is 16.4 Å². The monoisotopic (exact) mass is 358 g/mol. The molecule has 0 spiro atoms. The third-order valence-electron chi connectivity index (χ3n) is 4.03. The van der Waals surface area contributed by atoms with Crippen molar-refractivity contribution in [1.82, 2.24) is 15.5 Å². The Labute approximate surface area is 145 Å². The van der Waals surface area contributed by atoms with Crippen molar-refractivity contribution in [1.29, 1.82) is 0 Å². The molecule has 3 unspecified atom stereocenters. The van der Waals surface area contributed by atoms with Crippen LogP contribution in [-0.4, -0.2) is 76.6 Å². The molecule has 1 saturated heterocycles. The number of carbonyl (C=O) groups excluding carboxylic acids is 3. The van der Waals surface area contributed by atoms with Crippen LogP contribution in [0, 0.1) is 5.92 Å². The van der Waals surface area contributed by atoms with Crippen LogP contribution in [0.4, 0.5) is 0 Å². The molecule has 1 aliphatic heterocycles. The summed E-state index contributed by atoms with van der Waals surface area (Å²) in [6, 6.07) is -2.90. The Morgan fingerprint density at radius 1 is 1.28 bits per heavy atom. The number of aliphatic carboxylic acids is 1. The van der Waals surface area contributed by atoms with Crippen molar-refractivity contribution < 1.29 is 29.4 Å². The normalized spacial score (nSPS) is 19.4. The van der Waals surface area contributed by atoms with E-state index < -0.39 is 55.0 Å². The van der Waals surface area contributed by atoms with Crippen molar-refractivity contribution in [2.24, 2.45) is 11.7 Å². The molecule has 10 heteroatoms. The second-order valence-electron chi connectivity index (χ2n) is 6.32. The number of nitrogens with two attached hydrogens (primary N) is 1. The lowest BCUT2D eigenvalue weighted by molar-refractivity contribution is -0.150. The van der Waals surface area contributed by atoms with E-state index in [0.717, 1.165) is 0 Å². The summed E-state index contributed by atoms with van der Waals surface area (Å²) in [5.74, 6) is -3.06. The molecular weight excluding hydrogens is 332 g/mol. The third kappa shape index (κ3) is 5.68. The molecule has 0 aromatic rings. The minimum atomic E-state index is -1.13. The fourth-order valence-electron chi connectivity index (χ4n) is 2.59. The van der Waals surface area contributed by atoms with Gasteiger partial charge >= 0.3 is 5.97 Å². The maximum atomic E-state index is 12.6. The van der Waals surface area contributed by atoms with Gasteiger partial charge in [0.1, 0.15) is 18.1 Å². The fourth-order valence-corrected chi connectivity index (χ4v) is 2.59. The summed E-state index contributed by atoms with van der Waals surface area (Å²) in [6.07, 6.45) is 0.978. The Bertz CT molecular complexity index is 524. The number of carboxylic acid groups (broad SMARTS) is 1. The van der Waals surface area contributed by atoms with E-state index in [1.54, 1.807) is 13.8 Å². The summed E-state index contributed by atoms with van der Waals surface area (Å²) >= 11 is 0. The van der Waals surface area contributed by atoms with Crippen LogP contribution in [0.25, 0.3) is 0 Å². The van der Waals surface area contributed by atoms with Gasteiger partial charge in [0.25, 0.3) is 0 Å². The van der Waals surface area contributed by atoms with Crippen LogP contribution in [0.15, 0.2) is 0 Å². The maximum absolute atomic E-state index is 12.6. The Kier molecular flexibility index (Phi) is 7.78. The van der Waals surface area contributed by atoms with E-state index in [4.69, 9.17) is 10.8 Å². The van der Waals surface area contributed by atoms with Crippen LogP contribution in [0.2, 0.25) is 0 Å². The van der Waals surface area contributed by atoms with Gasteiger partial charge in [0.15, 0.2) is 0 Å². The molecule has 6 N–H and O–H groups in total. The number of nitrogens with zero attached hydrogens (tertiary/aromatic N) is 1. The van der Waals surface area contributed by atoms with Crippen LogP contribution in [0.1, 0.15) is 26.7 Å². The number of aliphatic hydroxyl groups excluding tert-OH is 1. The first-order valence-electron chi connectivity index (χ1n) is 8.15. The second kappa shape index (κ2) is 9.33. The summed E-state index contributed by atoms with van der Waals surface area (Å²) in [6.45, 7) is 2.85. The zero-order chi connectivity index (χ0) is 19.1. The molecule has 1 fully saturated rings. The summed E-state index contributed by atoms with van der Waals surface area (Å²) in [4.78, 5) is 48.6. The molecule has 10 nitrogen and oxygen atoms in total. The average molecular weight is 358 g/mol. The predicted octanol–water partition coefficient (Wildman–Crippen LogP) is -2.36. The molecule has 1 heterocycles. The fraction of sp³-hybridized carbons (Fsp3) is 0.733. The largest absolute Gasteiger partial charge is 0.480 e. The van der Waals surface area contributed by atoms with Gasteiger partial charge in [0, 0.05) is 6.54 Å². The van der Waals surface area contributed by atoms with Gasteiger partial charge in [0.2, 0.25) is 17.7 Å². The summed E-state index contributed by atoms with van der Waals surface area (Å²) in [7, 11) is 0. The molecule has 3 atom stereocenters. The SMILES string of the molecule is CC(C)C(NC(=O)CNC(=O)C(N)CO)C(=O)N1CCCC1C(=O)O. The first kappa shape index (κ1) is 20.8. The number of aliphatic hydroxyl groups is 1. The minimum absolute atomic E-state index is 0.262. The summed E-state index contributed by atoms with van der Waals surface area (Å²) in [5.41, 5.74) is 5.32. The predicted molar refractivity (Wildman–Crippen MR) is 87.2 cm³/mol. The van der Waals surface area contributed by atoms with Crippen LogP contribution in [0.5, 0.6) is 0 Å². The number of hydrogen-bond acceptors (Lipinski definition) is 6. The molecule has 0 saturated carbocycles. The summed E-state index contributed by atoms with van der Waals surface area (Å²) in [5, 5.41) is 22.7. The van der Waals surface area contributed by atoms with Crippen LogP contribution in [0.3, 0.4) is 0 Å². The van der Waals surface area contributed by atoms with Crippen molar-refractivity contribution in [3.05, 3.63) is 0 Å². The van der Waals surface area contributed by atoms with E-state index in [-0.39, 0.29) is 5.92 Å². The van der Waals surface area contributed by atoms with Gasteiger partial charge in [-0.05, 0) is 18.8 Å². The Morgan fingerprint density at radius 2 is 1.92 bits per heavy atom. The minimum Gasteiger partial charge on any atom is -0.480 e. The molecule has 142 valence electrons. The highest BCUT2D eigenvalue weighted by molar-refractivity contribution is 5.92. The highest BCUT2D eigenvalue weighted by Crippen LogP contribution is 2.20. The lowest BCUT2D eigenvalue weighted by Gasteiger charge is -2.29. The van der Waals surface area contributed by atoms with Gasteiger partial charge in [0.05, 0.1) is 13.2 Å². The van der Waals surface area contributed by atoms with Gasteiger partial charge < -0.3 is 31.5 Å². The number of rotatable bonds is 8. The zero-order valence-corrected chi connectivity index (χ0v) is 14.4. The average Bonchev–Trinajstić information content (AvgIpc) is 3.05. The van der Waals surface area contributed by atoms with Crippen molar-refractivity contribution >= 4 is 23.7 Å². The molecule has 0 aromatic heterocycles. The Morgan fingerprint density at radius 3 is 2.44 bits per heavy atom. The Hall–Kier alpha value is -2.20. The maximum Gasteiger partial charge on any atom is 0.326 e. The zero-order valence-electron chi connectivity index (χ0n) is 14.4. The smallest absolute Gasteiger partial charge is 0.326 e. The quantitative estimate of drug-likeness (QED) is 0.324. The van der Waals surface area contributed by atoms with E-state index in [9.17, 15) is 24.3 Å². The number of carbonyl (C=O) groups is 4. The highest BCUT2D eigenvalue weighted by Gasteiger charge is 2.38. The molecule has 0 radical (unpaired) electrons. The first-order chi connectivity index (χ1) is 11.7. The van der Waals surface area contributed by atoms with Crippen molar-refractivity contribution in [2.45, 2.75) is 44.8 Å². The van der Waals surface area contributed by atoms with Gasteiger partial charge in [-0.1, -0.05) is 13.8 Å². The lowest BCUT2D eigenvalue weighted by Crippen LogP contribution is -2.55. The topological polar surface area (TPSA) is 162 Å². The second-order valence-corrected chi connectivity index (χ2v) is 6.32. The molecule has 0 aromatic carbocycles. The van der Waals surface area contributed by atoms with Crippen LogP contribution in [-0.2, 0) is 19.2 Å². The van der Waals surface area contributed by atoms with Crippen LogP contribution >= 0.6 is 0 Å². The third-order valence-corrected chi connectivity index (χ3v) is 4.03. The summed E-state index contributed by atoms with van der Waals surface area (Å²) < 4.78 is 0.